The van der Waals surface area contributed by atoms with Crippen LogP contribution in [0.15, 0.2) is 60.0 Å². The molecule has 0 amide bonds. The van der Waals surface area contributed by atoms with Crippen LogP contribution in [0.5, 0.6) is 0 Å². The molecule has 3 rings (SSSR count). The van der Waals surface area contributed by atoms with Gasteiger partial charge in [-0.2, -0.15) is 0 Å². The van der Waals surface area contributed by atoms with Crippen molar-refractivity contribution in [2.45, 2.75) is 11.8 Å². The zero-order valence-electron chi connectivity index (χ0n) is 13.3. The SMILES string of the molecule is Cc1c(Nc2cc(Nc3ccncc3)ncn2)cccc1S(N)(=O)=O. The Morgan fingerprint density at radius 2 is 1.68 bits per heavy atom. The number of hydrogen-bond acceptors (Lipinski definition) is 7. The molecule has 128 valence electrons. The first kappa shape index (κ1) is 16.8. The maximum Gasteiger partial charge on any atom is 0.238 e. The number of anilines is 4. The number of aromatic nitrogens is 3. The first-order valence-corrected chi connectivity index (χ1v) is 8.86. The van der Waals surface area contributed by atoms with Gasteiger partial charge in [-0.25, -0.2) is 23.5 Å². The lowest BCUT2D eigenvalue weighted by molar-refractivity contribution is 0.597. The van der Waals surface area contributed by atoms with Gasteiger partial charge in [-0.1, -0.05) is 6.07 Å². The maximum atomic E-state index is 11.6. The molecule has 0 radical (unpaired) electrons. The molecule has 2 heterocycles. The van der Waals surface area contributed by atoms with E-state index in [1.54, 1.807) is 37.5 Å². The Kier molecular flexibility index (Phi) is 4.59. The maximum absolute atomic E-state index is 11.6. The molecule has 0 saturated heterocycles. The van der Waals surface area contributed by atoms with Crippen molar-refractivity contribution in [3.63, 3.8) is 0 Å². The minimum absolute atomic E-state index is 0.0710. The zero-order valence-corrected chi connectivity index (χ0v) is 14.2. The van der Waals surface area contributed by atoms with E-state index in [1.165, 1.54) is 12.4 Å². The predicted molar refractivity (Wildman–Crippen MR) is 95.4 cm³/mol. The first-order valence-electron chi connectivity index (χ1n) is 7.32. The van der Waals surface area contributed by atoms with Gasteiger partial charge in [0.25, 0.3) is 0 Å². The van der Waals surface area contributed by atoms with E-state index in [0.717, 1.165) is 5.69 Å². The van der Waals surface area contributed by atoms with Crippen molar-refractivity contribution in [2.24, 2.45) is 5.14 Å². The first-order chi connectivity index (χ1) is 11.9. The molecule has 8 nitrogen and oxygen atoms in total. The quantitative estimate of drug-likeness (QED) is 0.641. The van der Waals surface area contributed by atoms with Crippen LogP contribution in [0.2, 0.25) is 0 Å². The van der Waals surface area contributed by atoms with Crippen molar-refractivity contribution in [3.8, 4) is 0 Å². The Balaban J connectivity index is 1.86. The molecule has 2 aromatic heterocycles. The molecule has 25 heavy (non-hydrogen) atoms. The molecule has 0 saturated carbocycles. The number of sulfonamides is 1. The van der Waals surface area contributed by atoms with Gasteiger partial charge in [0.05, 0.1) is 4.90 Å². The van der Waals surface area contributed by atoms with E-state index >= 15 is 0 Å². The molecule has 4 N–H and O–H groups in total. The fourth-order valence-electron chi connectivity index (χ4n) is 2.27. The molecule has 0 atom stereocenters. The minimum atomic E-state index is -3.79. The molecule has 9 heteroatoms. The lowest BCUT2D eigenvalue weighted by atomic mass is 10.2. The Labute approximate surface area is 145 Å². The normalized spacial score (nSPS) is 11.1. The Morgan fingerprint density at radius 1 is 1.00 bits per heavy atom. The van der Waals surface area contributed by atoms with Gasteiger partial charge < -0.3 is 10.6 Å². The third-order valence-electron chi connectivity index (χ3n) is 3.47. The number of rotatable bonds is 5. The van der Waals surface area contributed by atoms with Crippen molar-refractivity contribution < 1.29 is 8.42 Å². The lowest BCUT2D eigenvalue weighted by Gasteiger charge is -2.12. The molecule has 0 aliphatic carbocycles. The van der Waals surface area contributed by atoms with Gasteiger partial charge in [0, 0.05) is 29.8 Å². The lowest BCUT2D eigenvalue weighted by Crippen LogP contribution is -2.14. The summed E-state index contributed by atoms with van der Waals surface area (Å²) in [6, 6.07) is 10.2. The Hall–Kier alpha value is -3.04. The minimum Gasteiger partial charge on any atom is -0.340 e. The Bertz CT molecular complexity index is 993. The van der Waals surface area contributed by atoms with Crippen LogP contribution in [-0.2, 0) is 10.0 Å². The molecule has 0 aliphatic rings. The van der Waals surface area contributed by atoms with Crippen molar-refractivity contribution in [1.29, 1.82) is 0 Å². The number of pyridine rings is 1. The summed E-state index contributed by atoms with van der Waals surface area (Å²) in [6.07, 6.45) is 4.75. The zero-order chi connectivity index (χ0) is 17.9. The van der Waals surface area contributed by atoms with Gasteiger partial charge in [0.2, 0.25) is 10.0 Å². The van der Waals surface area contributed by atoms with Crippen LogP contribution in [0.25, 0.3) is 0 Å². The molecule has 1 aromatic carbocycles. The summed E-state index contributed by atoms with van der Waals surface area (Å²) < 4.78 is 23.2. The summed E-state index contributed by atoms with van der Waals surface area (Å²) in [6.45, 7) is 1.68. The Morgan fingerprint density at radius 3 is 2.36 bits per heavy atom. The van der Waals surface area contributed by atoms with Crippen LogP contribution < -0.4 is 15.8 Å². The molecule has 0 aliphatic heterocycles. The van der Waals surface area contributed by atoms with E-state index in [0.29, 0.717) is 22.9 Å². The van der Waals surface area contributed by atoms with E-state index < -0.39 is 10.0 Å². The highest BCUT2D eigenvalue weighted by Gasteiger charge is 2.14. The number of benzene rings is 1. The third-order valence-corrected chi connectivity index (χ3v) is 4.53. The van der Waals surface area contributed by atoms with Gasteiger partial charge in [0.15, 0.2) is 0 Å². The standard InChI is InChI=1S/C16H16N6O2S/c1-11-13(3-2-4-14(11)25(17,23)24)22-16-9-15(19-10-20-16)21-12-5-7-18-8-6-12/h2-10H,1H3,(H2,17,23,24)(H2,18,19,20,21,22). The van der Waals surface area contributed by atoms with Crippen LogP contribution in [0.1, 0.15) is 5.56 Å². The van der Waals surface area contributed by atoms with Crippen molar-refractivity contribution in [2.75, 3.05) is 10.6 Å². The highest BCUT2D eigenvalue weighted by atomic mass is 32.2. The summed E-state index contributed by atoms with van der Waals surface area (Å²) in [5.41, 5.74) is 1.96. The molecular weight excluding hydrogens is 340 g/mol. The van der Waals surface area contributed by atoms with Gasteiger partial charge in [-0.3, -0.25) is 4.98 Å². The van der Waals surface area contributed by atoms with Gasteiger partial charge in [-0.15, -0.1) is 0 Å². The van der Waals surface area contributed by atoms with Crippen molar-refractivity contribution >= 4 is 33.0 Å². The van der Waals surface area contributed by atoms with Crippen molar-refractivity contribution in [1.82, 2.24) is 15.0 Å². The number of hydrogen-bond donors (Lipinski definition) is 3. The van der Waals surface area contributed by atoms with Crippen LogP contribution in [-0.4, -0.2) is 23.4 Å². The molecule has 0 unspecified atom stereocenters. The van der Waals surface area contributed by atoms with Crippen molar-refractivity contribution in [3.05, 3.63) is 60.7 Å². The fourth-order valence-corrected chi connectivity index (χ4v) is 3.08. The van der Waals surface area contributed by atoms with Gasteiger partial charge >= 0.3 is 0 Å². The second-order valence-electron chi connectivity index (χ2n) is 5.25. The number of nitrogens with zero attached hydrogens (tertiary/aromatic N) is 3. The fraction of sp³-hybridized carbons (Fsp3) is 0.0625. The van der Waals surface area contributed by atoms with Crippen LogP contribution in [0.3, 0.4) is 0 Å². The molecular formula is C16H16N6O2S. The highest BCUT2D eigenvalue weighted by molar-refractivity contribution is 7.89. The van der Waals surface area contributed by atoms with Crippen LogP contribution >= 0.6 is 0 Å². The van der Waals surface area contributed by atoms with E-state index in [4.69, 9.17) is 5.14 Å². The molecule has 0 fully saturated rings. The highest BCUT2D eigenvalue weighted by Crippen LogP contribution is 2.25. The molecule has 0 spiro atoms. The average Bonchev–Trinajstić information content (AvgIpc) is 2.57. The van der Waals surface area contributed by atoms with Crippen LogP contribution in [0.4, 0.5) is 23.0 Å². The smallest absolute Gasteiger partial charge is 0.238 e. The number of primary sulfonamides is 1. The second-order valence-corrected chi connectivity index (χ2v) is 6.78. The second kappa shape index (κ2) is 6.83. The average molecular weight is 356 g/mol. The van der Waals surface area contributed by atoms with E-state index in [-0.39, 0.29) is 4.90 Å². The summed E-state index contributed by atoms with van der Waals surface area (Å²) in [5, 5.41) is 11.5. The van der Waals surface area contributed by atoms with Gasteiger partial charge in [0.1, 0.15) is 18.0 Å². The van der Waals surface area contributed by atoms with E-state index in [2.05, 4.69) is 25.6 Å². The summed E-state index contributed by atoms with van der Waals surface area (Å²) in [7, 11) is -3.79. The van der Waals surface area contributed by atoms with Gasteiger partial charge in [-0.05, 0) is 36.8 Å². The monoisotopic (exact) mass is 356 g/mol. The summed E-state index contributed by atoms with van der Waals surface area (Å²) in [4.78, 5) is 12.3. The predicted octanol–water partition coefficient (Wildman–Crippen LogP) is 2.31. The number of nitrogens with one attached hydrogen (secondary N) is 2. The molecule has 0 bridgehead atoms. The van der Waals surface area contributed by atoms with E-state index in [1.807, 2.05) is 12.1 Å². The number of nitrogens with two attached hydrogens (primary N) is 1. The van der Waals surface area contributed by atoms with Crippen LogP contribution in [0, 0.1) is 6.92 Å². The molecule has 3 aromatic rings. The van der Waals surface area contributed by atoms with E-state index in [9.17, 15) is 8.42 Å². The third kappa shape index (κ3) is 4.08. The summed E-state index contributed by atoms with van der Waals surface area (Å²) >= 11 is 0. The summed E-state index contributed by atoms with van der Waals surface area (Å²) in [5.74, 6) is 1.10. The topological polar surface area (TPSA) is 123 Å². The largest absolute Gasteiger partial charge is 0.340 e.